The van der Waals surface area contributed by atoms with Gasteiger partial charge in [0.05, 0.1) is 5.52 Å². The highest BCUT2D eigenvalue weighted by atomic mass is 16.4. The Morgan fingerprint density at radius 2 is 2.05 bits per heavy atom. The van der Waals surface area contributed by atoms with Crippen LogP contribution in [0.5, 0.6) is 0 Å². The second-order valence-corrected chi connectivity index (χ2v) is 5.46. The van der Waals surface area contributed by atoms with E-state index in [4.69, 9.17) is 0 Å². The Bertz CT molecular complexity index is 623. The lowest BCUT2D eigenvalue weighted by atomic mass is 10.1. The van der Waals surface area contributed by atoms with Crippen molar-refractivity contribution in [1.82, 2.24) is 4.98 Å². The minimum absolute atomic E-state index is 0.259. The number of anilines is 1. The fraction of sp³-hybridized carbons (Fsp3) is 0.375. The summed E-state index contributed by atoms with van der Waals surface area (Å²) < 4.78 is 0. The van der Waals surface area contributed by atoms with Crippen molar-refractivity contribution in [2.75, 3.05) is 18.5 Å². The molecule has 1 N–H and O–H groups in total. The fourth-order valence-electron chi connectivity index (χ4n) is 2.11. The highest BCUT2D eigenvalue weighted by Gasteiger charge is 2.16. The summed E-state index contributed by atoms with van der Waals surface area (Å²) in [6.07, 6.45) is 1.00. The van der Waals surface area contributed by atoms with Crippen molar-refractivity contribution in [3.63, 3.8) is 0 Å². The van der Waals surface area contributed by atoms with Gasteiger partial charge in [0.25, 0.3) is 0 Å². The van der Waals surface area contributed by atoms with E-state index in [0.29, 0.717) is 11.7 Å². The van der Waals surface area contributed by atoms with Crippen LogP contribution in [0.4, 0.5) is 5.82 Å². The van der Waals surface area contributed by atoms with Crippen molar-refractivity contribution in [2.45, 2.75) is 20.3 Å². The van der Waals surface area contributed by atoms with E-state index in [0.717, 1.165) is 23.9 Å². The Balaban J connectivity index is 2.43. The molecular formula is C16H20N2O2. The number of hydrogen-bond donors (Lipinski definition) is 1. The summed E-state index contributed by atoms with van der Waals surface area (Å²) in [6, 6.07) is 9.28. The Morgan fingerprint density at radius 1 is 1.35 bits per heavy atom. The van der Waals surface area contributed by atoms with Crippen LogP contribution < -0.4 is 4.90 Å². The number of fused-ring (bicyclic) bond motifs is 1. The molecule has 0 atom stereocenters. The van der Waals surface area contributed by atoms with Gasteiger partial charge in [-0.1, -0.05) is 32.0 Å². The molecule has 0 aliphatic carbocycles. The Hall–Kier alpha value is -2.10. The molecule has 0 radical (unpaired) electrons. The number of hydrogen-bond acceptors (Lipinski definition) is 3. The molecule has 0 aliphatic rings. The van der Waals surface area contributed by atoms with Crippen molar-refractivity contribution >= 4 is 22.7 Å². The average Bonchev–Trinajstić information content (AvgIpc) is 2.43. The number of carboxylic acid groups (broad SMARTS) is 1. The Labute approximate surface area is 119 Å². The van der Waals surface area contributed by atoms with Gasteiger partial charge in [-0.05, 0) is 24.5 Å². The molecule has 0 amide bonds. The number of aromatic nitrogens is 1. The monoisotopic (exact) mass is 272 g/mol. The van der Waals surface area contributed by atoms with Gasteiger partial charge in [-0.3, -0.25) is 0 Å². The van der Waals surface area contributed by atoms with Crippen molar-refractivity contribution in [2.24, 2.45) is 5.92 Å². The van der Waals surface area contributed by atoms with E-state index >= 15 is 0 Å². The summed E-state index contributed by atoms with van der Waals surface area (Å²) in [6.45, 7) is 5.10. The molecule has 0 bridgehead atoms. The van der Waals surface area contributed by atoms with Crippen molar-refractivity contribution in [1.29, 1.82) is 0 Å². The number of rotatable bonds is 5. The third-order valence-corrected chi connectivity index (χ3v) is 3.34. The van der Waals surface area contributed by atoms with Crippen molar-refractivity contribution < 1.29 is 9.90 Å². The number of pyridine rings is 1. The van der Waals surface area contributed by atoms with Crippen LogP contribution in [0.25, 0.3) is 10.9 Å². The predicted octanol–water partition coefficient (Wildman–Crippen LogP) is 3.42. The summed E-state index contributed by atoms with van der Waals surface area (Å²) in [5.74, 6) is 0.178. The summed E-state index contributed by atoms with van der Waals surface area (Å²) >= 11 is 0. The van der Waals surface area contributed by atoms with E-state index in [1.807, 2.05) is 36.2 Å². The van der Waals surface area contributed by atoms with Crippen LogP contribution in [0.2, 0.25) is 0 Å². The summed E-state index contributed by atoms with van der Waals surface area (Å²) in [5, 5.41) is 10.2. The normalized spacial score (nSPS) is 11.0. The Morgan fingerprint density at radius 3 is 2.70 bits per heavy atom. The topological polar surface area (TPSA) is 53.4 Å². The maximum Gasteiger partial charge on any atom is 0.339 e. The molecule has 0 saturated carbocycles. The van der Waals surface area contributed by atoms with E-state index in [1.165, 1.54) is 0 Å². The quantitative estimate of drug-likeness (QED) is 0.906. The zero-order chi connectivity index (χ0) is 14.7. The second kappa shape index (κ2) is 5.90. The number of benzene rings is 1. The largest absolute Gasteiger partial charge is 0.478 e. The SMILES string of the molecule is CC(C)CCN(C)c1nc2ccccc2cc1C(=O)O. The van der Waals surface area contributed by atoms with Gasteiger partial charge in [0.15, 0.2) is 0 Å². The molecule has 0 unspecified atom stereocenters. The number of carbonyl (C=O) groups is 1. The molecule has 1 aromatic heterocycles. The number of carboxylic acids is 1. The first-order valence-electron chi connectivity index (χ1n) is 6.83. The van der Waals surface area contributed by atoms with Gasteiger partial charge in [0.1, 0.15) is 11.4 Å². The molecule has 106 valence electrons. The first-order chi connectivity index (χ1) is 9.49. The van der Waals surface area contributed by atoms with Crippen LogP contribution >= 0.6 is 0 Å². The lowest BCUT2D eigenvalue weighted by Crippen LogP contribution is -2.23. The second-order valence-electron chi connectivity index (χ2n) is 5.46. The maximum absolute atomic E-state index is 11.4. The van der Waals surface area contributed by atoms with E-state index < -0.39 is 5.97 Å². The molecule has 0 spiro atoms. The van der Waals surface area contributed by atoms with Crippen LogP contribution in [0, 0.1) is 5.92 Å². The van der Waals surface area contributed by atoms with Crippen LogP contribution in [-0.2, 0) is 0 Å². The molecule has 2 aromatic rings. The molecule has 1 aromatic carbocycles. The molecule has 2 rings (SSSR count). The summed E-state index contributed by atoms with van der Waals surface area (Å²) in [4.78, 5) is 17.9. The minimum Gasteiger partial charge on any atom is -0.478 e. The van der Waals surface area contributed by atoms with Crippen molar-refractivity contribution in [3.8, 4) is 0 Å². The molecule has 4 heteroatoms. The molecule has 0 aliphatic heterocycles. The highest BCUT2D eigenvalue weighted by Crippen LogP contribution is 2.23. The lowest BCUT2D eigenvalue weighted by molar-refractivity contribution is 0.0697. The van der Waals surface area contributed by atoms with E-state index in [1.54, 1.807) is 6.07 Å². The Kier molecular flexibility index (Phi) is 4.23. The molecular weight excluding hydrogens is 252 g/mol. The first kappa shape index (κ1) is 14.3. The summed E-state index contributed by atoms with van der Waals surface area (Å²) in [5.41, 5.74) is 1.08. The molecule has 20 heavy (non-hydrogen) atoms. The van der Waals surface area contributed by atoms with Gasteiger partial charge in [0, 0.05) is 19.0 Å². The van der Waals surface area contributed by atoms with Crippen LogP contribution in [-0.4, -0.2) is 29.7 Å². The number of aromatic carboxylic acids is 1. The van der Waals surface area contributed by atoms with Gasteiger partial charge in [-0.2, -0.15) is 0 Å². The highest BCUT2D eigenvalue weighted by molar-refractivity contribution is 5.98. The van der Waals surface area contributed by atoms with Crippen molar-refractivity contribution in [3.05, 3.63) is 35.9 Å². The minimum atomic E-state index is -0.936. The predicted molar refractivity (Wildman–Crippen MR) is 81.4 cm³/mol. The zero-order valence-electron chi connectivity index (χ0n) is 12.1. The summed E-state index contributed by atoms with van der Waals surface area (Å²) in [7, 11) is 1.89. The molecule has 0 fully saturated rings. The van der Waals surface area contributed by atoms with Gasteiger partial charge in [-0.15, -0.1) is 0 Å². The zero-order valence-corrected chi connectivity index (χ0v) is 12.1. The first-order valence-corrected chi connectivity index (χ1v) is 6.83. The average molecular weight is 272 g/mol. The molecule has 0 saturated heterocycles. The third kappa shape index (κ3) is 3.07. The molecule has 1 heterocycles. The fourth-order valence-corrected chi connectivity index (χ4v) is 2.11. The third-order valence-electron chi connectivity index (χ3n) is 3.34. The van der Waals surface area contributed by atoms with Gasteiger partial charge in [0.2, 0.25) is 0 Å². The van der Waals surface area contributed by atoms with E-state index in [2.05, 4.69) is 18.8 Å². The van der Waals surface area contributed by atoms with Gasteiger partial charge in [-0.25, -0.2) is 9.78 Å². The lowest BCUT2D eigenvalue weighted by Gasteiger charge is -2.21. The van der Waals surface area contributed by atoms with Gasteiger partial charge < -0.3 is 10.0 Å². The standard InChI is InChI=1S/C16H20N2O2/c1-11(2)8-9-18(3)15-13(16(19)20)10-12-6-4-5-7-14(12)17-15/h4-7,10-11H,8-9H2,1-3H3,(H,19,20). The van der Waals surface area contributed by atoms with E-state index in [-0.39, 0.29) is 5.56 Å². The number of para-hydroxylation sites is 1. The molecule has 4 nitrogen and oxygen atoms in total. The maximum atomic E-state index is 11.4. The van der Waals surface area contributed by atoms with E-state index in [9.17, 15) is 9.90 Å². The smallest absolute Gasteiger partial charge is 0.339 e. The van der Waals surface area contributed by atoms with Crippen LogP contribution in [0.3, 0.4) is 0 Å². The van der Waals surface area contributed by atoms with Crippen LogP contribution in [0.1, 0.15) is 30.6 Å². The van der Waals surface area contributed by atoms with Gasteiger partial charge >= 0.3 is 5.97 Å². The number of nitrogens with zero attached hydrogens (tertiary/aromatic N) is 2. The van der Waals surface area contributed by atoms with Crippen LogP contribution in [0.15, 0.2) is 30.3 Å².